The van der Waals surface area contributed by atoms with E-state index in [1.807, 2.05) is 38.4 Å². The summed E-state index contributed by atoms with van der Waals surface area (Å²) in [5.74, 6) is 0. The first kappa shape index (κ1) is 10.8. The molecule has 2 aromatic rings. The molecule has 1 atom stereocenters. The van der Waals surface area contributed by atoms with Crippen LogP contribution in [-0.4, -0.2) is 21.1 Å². The van der Waals surface area contributed by atoms with Gasteiger partial charge in [0.05, 0.1) is 23.8 Å². The molecule has 1 unspecified atom stereocenters. The molecule has 0 saturated carbocycles. The normalized spacial score (nSPS) is 12.7. The molecule has 4 nitrogen and oxygen atoms in total. The smallest absolute Gasteiger partial charge is 0.0958 e. The van der Waals surface area contributed by atoms with E-state index in [2.05, 4.69) is 14.5 Å². The number of imidazole rings is 1. The number of aryl methyl sites for hydroxylation is 1. The average molecular weight is 216 g/mol. The van der Waals surface area contributed by atoms with E-state index in [0.717, 1.165) is 17.1 Å². The van der Waals surface area contributed by atoms with Crippen molar-refractivity contribution in [3.05, 3.63) is 47.8 Å². The number of pyridine rings is 1. The highest BCUT2D eigenvalue weighted by molar-refractivity contribution is 5.16. The van der Waals surface area contributed by atoms with Crippen molar-refractivity contribution in [2.75, 3.05) is 6.54 Å². The van der Waals surface area contributed by atoms with Crippen LogP contribution in [0.25, 0.3) is 0 Å². The Bertz CT molecular complexity index is 461. The van der Waals surface area contributed by atoms with Crippen LogP contribution in [0.15, 0.2) is 30.7 Å². The summed E-state index contributed by atoms with van der Waals surface area (Å²) >= 11 is 0. The highest BCUT2D eigenvalue weighted by Gasteiger charge is 2.15. The fraction of sp³-hybridized carbons (Fsp3) is 0.333. The minimum absolute atomic E-state index is 0.0717. The monoisotopic (exact) mass is 216 g/mol. The Hall–Kier alpha value is -1.68. The lowest BCUT2D eigenvalue weighted by Gasteiger charge is -2.17. The Morgan fingerprint density at radius 3 is 2.62 bits per heavy atom. The van der Waals surface area contributed by atoms with E-state index in [9.17, 15) is 0 Å². The van der Waals surface area contributed by atoms with Crippen LogP contribution in [0.3, 0.4) is 0 Å². The molecule has 0 fully saturated rings. The van der Waals surface area contributed by atoms with E-state index >= 15 is 0 Å². The predicted octanol–water partition coefficient (Wildman–Crippen LogP) is 1.44. The highest BCUT2D eigenvalue weighted by Crippen LogP contribution is 2.18. The summed E-state index contributed by atoms with van der Waals surface area (Å²) in [4.78, 5) is 8.64. The van der Waals surface area contributed by atoms with Gasteiger partial charge in [0.1, 0.15) is 0 Å². The molecular weight excluding hydrogens is 200 g/mol. The molecule has 0 aliphatic carbocycles. The second kappa shape index (κ2) is 4.45. The maximum absolute atomic E-state index is 5.83. The van der Waals surface area contributed by atoms with Gasteiger partial charge in [-0.15, -0.1) is 0 Å². The van der Waals surface area contributed by atoms with Crippen molar-refractivity contribution in [1.82, 2.24) is 14.5 Å². The van der Waals surface area contributed by atoms with Crippen molar-refractivity contribution in [2.45, 2.75) is 19.9 Å². The molecule has 0 amide bonds. The first-order chi connectivity index (χ1) is 7.74. The predicted molar refractivity (Wildman–Crippen MR) is 63.1 cm³/mol. The molecule has 84 valence electrons. The van der Waals surface area contributed by atoms with Crippen LogP contribution in [0.5, 0.6) is 0 Å². The van der Waals surface area contributed by atoms with E-state index < -0.39 is 0 Å². The Balaban J connectivity index is 2.41. The van der Waals surface area contributed by atoms with Crippen LogP contribution in [0.1, 0.15) is 23.1 Å². The standard InChI is InChI=1S/C12H16N4/c1-9-10(2)16(8-15-9)12(7-13)11-5-3-4-6-14-11/h3-6,8,12H,7,13H2,1-2H3. The molecule has 0 bridgehead atoms. The van der Waals surface area contributed by atoms with Crippen LogP contribution in [0.4, 0.5) is 0 Å². The summed E-state index contributed by atoms with van der Waals surface area (Å²) in [6.07, 6.45) is 3.62. The molecule has 0 aromatic carbocycles. The van der Waals surface area contributed by atoms with Gasteiger partial charge in [-0.2, -0.15) is 0 Å². The van der Waals surface area contributed by atoms with Gasteiger partial charge >= 0.3 is 0 Å². The van der Waals surface area contributed by atoms with Crippen LogP contribution in [0, 0.1) is 13.8 Å². The maximum Gasteiger partial charge on any atom is 0.0958 e. The lowest BCUT2D eigenvalue weighted by atomic mass is 10.1. The molecule has 0 radical (unpaired) electrons. The van der Waals surface area contributed by atoms with Crippen molar-refractivity contribution in [3.63, 3.8) is 0 Å². The van der Waals surface area contributed by atoms with Gasteiger partial charge in [0.2, 0.25) is 0 Å². The topological polar surface area (TPSA) is 56.7 Å². The number of rotatable bonds is 3. The molecule has 2 heterocycles. The Labute approximate surface area is 95.1 Å². The van der Waals surface area contributed by atoms with Crippen LogP contribution < -0.4 is 5.73 Å². The summed E-state index contributed by atoms with van der Waals surface area (Å²) < 4.78 is 2.08. The molecule has 0 aliphatic heterocycles. The molecule has 4 heteroatoms. The van der Waals surface area contributed by atoms with E-state index in [1.165, 1.54) is 0 Å². The summed E-state index contributed by atoms with van der Waals surface area (Å²) in [5, 5.41) is 0. The third-order valence-corrected chi connectivity index (χ3v) is 2.87. The molecule has 2 aromatic heterocycles. The van der Waals surface area contributed by atoms with E-state index in [1.54, 1.807) is 6.20 Å². The zero-order chi connectivity index (χ0) is 11.5. The van der Waals surface area contributed by atoms with Gasteiger partial charge in [-0.05, 0) is 26.0 Å². The number of hydrogen-bond donors (Lipinski definition) is 1. The molecule has 0 aliphatic rings. The zero-order valence-electron chi connectivity index (χ0n) is 9.59. The molecule has 2 N–H and O–H groups in total. The third-order valence-electron chi connectivity index (χ3n) is 2.87. The summed E-state index contributed by atoms with van der Waals surface area (Å²) in [6, 6.07) is 5.95. The van der Waals surface area contributed by atoms with Crippen LogP contribution in [0.2, 0.25) is 0 Å². The van der Waals surface area contributed by atoms with Gasteiger partial charge in [-0.3, -0.25) is 4.98 Å². The minimum Gasteiger partial charge on any atom is -0.328 e. The number of aromatic nitrogens is 3. The molecular formula is C12H16N4. The minimum atomic E-state index is 0.0717. The van der Waals surface area contributed by atoms with Crippen LogP contribution >= 0.6 is 0 Å². The van der Waals surface area contributed by atoms with Gasteiger partial charge in [-0.25, -0.2) is 4.98 Å². The molecule has 2 rings (SSSR count). The lowest BCUT2D eigenvalue weighted by molar-refractivity contribution is 0.566. The molecule has 16 heavy (non-hydrogen) atoms. The quantitative estimate of drug-likeness (QED) is 0.844. The fourth-order valence-corrected chi connectivity index (χ4v) is 1.78. The molecule has 0 spiro atoms. The fourth-order valence-electron chi connectivity index (χ4n) is 1.78. The Morgan fingerprint density at radius 1 is 1.31 bits per heavy atom. The average Bonchev–Trinajstić information content (AvgIpc) is 2.64. The van der Waals surface area contributed by atoms with Gasteiger partial charge < -0.3 is 10.3 Å². The van der Waals surface area contributed by atoms with E-state index in [-0.39, 0.29) is 6.04 Å². The summed E-state index contributed by atoms with van der Waals surface area (Å²) in [6.45, 7) is 4.57. The number of hydrogen-bond acceptors (Lipinski definition) is 3. The van der Waals surface area contributed by atoms with Crippen molar-refractivity contribution in [3.8, 4) is 0 Å². The van der Waals surface area contributed by atoms with Crippen molar-refractivity contribution < 1.29 is 0 Å². The van der Waals surface area contributed by atoms with E-state index in [0.29, 0.717) is 6.54 Å². The van der Waals surface area contributed by atoms with Gasteiger partial charge in [0.15, 0.2) is 0 Å². The van der Waals surface area contributed by atoms with Gasteiger partial charge in [0.25, 0.3) is 0 Å². The SMILES string of the molecule is Cc1ncn(C(CN)c2ccccn2)c1C. The Kier molecular flexibility index (Phi) is 3.01. The van der Waals surface area contributed by atoms with Gasteiger partial charge in [0, 0.05) is 18.4 Å². The highest BCUT2D eigenvalue weighted by atomic mass is 15.1. The first-order valence-electron chi connectivity index (χ1n) is 5.35. The van der Waals surface area contributed by atoms with Crippen molar-refractivity contribution in [1.29, 1.82) is 0 Å². The van der Waals surface area contributed by atoms with E-state index in [4.69, 9.17) is 5.73 Å². The summed E-state index contributed by atoms with van der Waals surface area (Å²) in [7, 11) is 0. The van der Waals surface area contributed by atoms with Crippen molar-refractivity contribution in [2.24, 2.45) is 5.73 Å². The number of nitrogens with zero attached hydrogens (tertiary/aromatic N) is 3. The second-order valence-corrected chi connectivity index (χ2v) is 3.83. The lowest BCUT2D eigenvalue weighted by Crippen LogP contribution is -2.21. The largest absolute Gasteiger partial charge is 0.328 e. The second-order valence-electron chi connectivity index (χ2n) is 3.83. The molecule has 0 saturated heterocycles. The summed E-state index contributed by atoms with van der Waals surface area (Å²) in [5.41, 5.74) is 8.98. The maximum atomic E-state index is 5.83. The van der Waals surface area contributed by atoms with Gasteiger partial charge in [-0.1, -0.05) is 6.07 Å². The Morgan fingerprint density at radius 2 is 2.12 bits per heavy atom. The zero-order valence-corrected chi connectivity index (χ0v) is 9.59. The van der Waals surface area contributed by atoms with Crippen LogP contribution in [-0.2, 0) is 0 Å². The number of nitrogens with two attached hydrogens (primary N) is 1. The third kappa shape index (κ3) is 1.84. The van der Waals surface area contributed by atoms with Crippen molar-refractivity contribution >= 4 is 0 Å². The first-order valence-corrected chi connectivity index (χ1v) is 5.35.